The van der Waals surface area contributed by atoms with Gasteiger partial charge in [0, 0.05) is 17.5 Å². The summed E-state index contributed by atoms with van der Waals surface area (Å²) >= 11 is 0. The number of benzene rings is 2. The SMILES string of the molecule is COc1cc(CN2CCCC2)ccc1Oc1nc2ccccc2cc1C. The van der Waals surface area contributed by atoms with E-state index in [1.165, 1.54) is 31.5 Å². The fourth-order valence-corrected chi connectivity index (χ4v) is 3.51. The number of nitrogens with zero attached hydrogens (tertiary/aromatic N) is 2. The fraction of sp³-hybridized carbons (Fsp3) is 0.318. The van der Waals surface area contributed by atoms with Crippen LogP contribution in [0.5, 0.6) is 17.4 Å². The molecule has 4 nitrogen and oxygen atoms in total. The fourth-order valence-electron chi connectivity index (χ4n) is 3.51. The van der Waals surface area contributed by atoms with Gasteiger partial charge in [0.25, 0.3) is 0 Å². The van der Waals surface area contributed by atoms with Crippen LogP contribution in [0.3, 0.4) is 0 Å². The van der Waals surface area contributed by atoms with E-state index >= 15 is 0 Å². The largest absolute Gasteiger partial charge is 0.493 e. The number of hydrogen-bond donors (Lipinski definition) is 0. The zero-order valence-corrected chi connectivity index (χ0v) is 15.4. The van der Waals surface area contributed by atoms with Gasteiger partial charge in [-0.1, -0.05) is 24.3 Å². The van der Waals surface area contributed by atoms with Gasteiger partial charge in [-0.2, -0.15) is 0 Å². The summed E-state index contributed by atoms with van der Waals surface area (Å²) in [5, 5.41) is 1.12. The van der Waals surface area contributed by atoms with Crippen molar-refractivity contribution in [2.45, 2.75) is 26.3 Å². The molecule has 0 spiro atoms. The van der Waals surface area contributed by atoms with Crippen molar-refractivity contribution >= 4 is 10.9 Å². The van der Waals surface area contributed by atoms with E-state index in [1.807, 2.05) is 31.2 Å². The third-order valence-electron chi connectivity index (χ3n) is 4.91. The molecule has 0 bridgehead atoms. The standard InChI is InChI=1S/C22H24N2O2/c1-16-13-18-7-3-4-8-19(18)23-22(16)26-20-10-9-17(14-21(20)25-2)15-24-11-5-6-12-24/h3-4,7-10,13-14H,5-6,11-12,15H2,1-2H3. The van der Waals surface area contributed by atoms with Gasteiger partial charge < -0.3 is 9.47 Å². The Bertz CT molecular complexity index is 917. The smallest absolute Gasteiger partial charge is 0.222 e. The zero-order chi connectivity index (χ0) is 17.9. The molecule has 0 radical (unpaired) electrons. The number of methoxy groups -OCH3 is 1. The second-order valence-corrected chi connectivity index (χ2v) is 6.87. The Morgan fingerprint density at radius 1 is 1.00 bits per heavy atom. The predicted octanol–water partition coefficient (Wildman–Crippen LogP) is 4.94. The minimum absolute atomic E-state index is 0.620. The lowest BCUT2D eigenvalue weighted by molar-refractivity contribution is 0.329. The van der Waals surface area contributed by atoms with E-state index in [9.17, 15) is 0 Å². The molecule has 3 aromatic rings. The summed E-state index contributed by atoms with van der Waals surface area (Å²) in [5.74, 6) is 2.06. The maximum absolute atomic E-state index is 6.11. The van der Waals surface area contributed by atoms with Crippen LogP contribution in [0.1, 0.15) is 24.0 Å². The summed E-state index contributed by atoms with van der Waals surface area (Å²) in [6.07, 6.45) is 2.59. The quantitative estimate of drug-likeness (QED) is 0.654. The average Bonchev–Trinajstić information content (AvgIpc) is 3.16. The van der Waals surface area contributed by atoms with E-state index in [2.05, 4.69) is 34.1 Å². The van der Waals surface area contributed by atoms with Crippen molar-refractivity contribution in [1.82, 2.24) is 9.88 Å². The molecule has 134 valence electrons. The van der Waals surface area contributed by atoms with Gasteiger partial charge >= 0.3 is 0 Å². The number of aromatic nitrogens is 1. The molecule has 4 rings (SSSR count). The summed E-state index contributed by atoms with van der Waals surface area (Å²) in [5.41, 5.74) is 3.18. The molecule has 1 aliphatic rings. The van der Waals surface area contributed by atoms with Crippen LogP contribution < -0.4 is 9.47 Å². The number of pyridine rings is 1. The molecule has 0 unspecified atom stereocenters. The lowest BCUT2D eigenvalue weighted by atomic mass is 10.1. The third-order valence-corrected chi connectivity index (χ3v) is 4.91. The second kappa shape index (κ2) is 7.34. The maximum Gasteiger partial charge on any atom is 0.222 e. The lowest BCUT2D eigenvalue weighted by Crippen LogP contribution is -2.18. The maximum atomic E-state index is 6.11. The number of aryl methyl sites for hydroxylation is 1. The van der Waals surface area contributed by atoms with Crippen LogP contribution in [-0.4, -0.2) is 30.1 Å². The molecule has 0 saturated carbocycles. The van der Waals surface area contributed by atoms with Crippen LogP contribution in [0, 0.1) is 6.92 Å². The van der Waals surface area contributed by atoms with Crippen molar-refractivity contribution < 1.29 is 9.47 Å². The number of ether oxygens (including phenoxy) is 2. The van der Waals surface area contributed by atoms with Gasteiger partial charge in [0.05, 0.1) is 12.6 Å². The molecule has 1 aliphatic heterocycles. The third kappa shape index (κ3) is 3.51. The number of hydrogen-bond acceptors (Lipinski definition) is 4. The average molecular weight is 348 g/mol. The normalized spacial score (nSPS) is 14.7. The van der Waals surface area contributed by atoms with Crippen molar-refractivity contribution in [3.63, 3.8) is 0 Å². The number of para-hydroxylation sites is 1. The minimum Gasteiger partial charge on any atom is -0.493 e. The molecule has 0 atom stereocenters. The Hall–Kier alpha value is -2.59. The van der Waals surface area contributed by atoms with Crippen molar-refractivity contribution in [3.8, 4) is 17.4 Å². The lowest BCUT2D eigenvalue weighted by Gasteiger charge is -2.17. The molecule has 0 amide bonds. The first-order chi connectivity index (χ1) is 12.7. The topological polar surface area (TPSA) is 34.6 Å². The number of fused-ring (bicyclic) bond motifs is 1. The first-order valence-corrected chi connectivity index (χ1v) is 9.16. The van der Waals surface area contributed by atoms with Crippen molar-refractivity contribution in [3.05, 3.63) is 59.7 Å². The highest BCUT2D eigenvalue weighted by Gasteiger charge is 2.15. The molecule has 4 heteroatoms. The highest BCUT2D eigenvalue weighted by Crippen LogP contribution is 2.34. The summed E-state index contributed by atoms with van der Waals surface area (Å²) in [6, 6.07) is 16.3. The van der Waals surface area contributed by atoms with Crippen LogP contribution >= 0.6 is 0 Å². The Kier molecular flexibility index (Phi) is 4.76. The second-order valence-electron chi connectivity index (χ2n) is 6.87. The molecule has 2 aromatic carbocycles. The first kappa shape index (κ1) is 16.9. The van der Waals surface area contributed by atoms with E-state index in [0.29, 0.717) is 11.6 Å². The van der Waals surface area contributed by atoms with Gasteiger partial charge in [0.1, 0.15) is 0 Å². The molecule has 1 aromatic heterocycles. The molecule has 0 aliphatic carbocycles. The summed E-state index contributed by atoms with van der Waals surface area (Å²) < 4.78 is 11.7. The Balaban J connectivity index is 1.60. The van der Waals surface area contributed by atoms with Gasteiger partial charge in [-0.25, -0.2) is 4.98 Å². The van der Waals surface area contributed by atoms with Gasteiger partial charge in [-0.15, -0.1) is 0 Å². The molecule has 26 heavy (non-hydrogen) atoms. The Morgan fingerprint density at radius 3 is 2.62 bits per heavy atom. The van der Waals surface area contributed by atoms with Crippen molar-refractivity contribution in [1.29, 1.82) is 0 Å². The van der Waals surface area contributed by atoms with E-state index < -0.39 is 0 Å². The van der Waals surface area contributed by atoms with Crippen LogP contribution in [0.15, 0.2) is 48.5 Å². The van der Waals surface area contributed by atoms with E-state index in [4.69, 9.17) is 9.47 Å². The minimum atomic E-state index is 0.620. The summed E-state index contributed by atoms with van der Waals surface area (Å²) in [6.45, 7) is 5.34. The molecular formula is C22H24N2O2. The molecule has 1 fully saturated rings. The molecular weight excluding hydrogens is 324 g/mol. The highest BCUT2D eigenvalue weighted by atomic mass is 16.5. The van der Waals surface area contributed by atoms with Crippen LogP contribution in [-0.2, 0) is 6.54 Å². The molecule has 2 heterocycles. The number of rotatable bonds is 5. The molecule has 0 N–H and O–H groups in total. The highest BCUT2D eigenvalue weighted by molar-refractivity contribution is 5.80. The summed E-state index contributed by atoms with van der Waals surface area (Å²) in [4.78, 5) is 7.14. The monoisotopic (exact) mass is 348 g/mol. The number of likely N-dealkylation sites (tertiary alicyclic amines) is 1. The van der Waals surface area contributed by atoms with Crippen LogP contribution in [0.2, 0.25) is 0 Å². The Labute approximate surface area is 154 Å². The zero-order valence-electron chi connectivity index (χ0n) is 15.4. The van der Waals surface area contributed by atoms with Crippen LogP contribution in [0.4, 0.5) is 0 Å². The van der Waals surface area contributed by atoms with E-state index in [1.54, 1.807) is 7.11 Å². The predicted molar refractivity (Wildman–Crippen MR) is 104 cm³/mol. The van der Waals surface area contributed by atoms with E-state index in [0.717, 1.165) is 28.8 Å². The van der Waals surface area contributed by atoms with Gasteiger partial charge in [0.2, 0.25) is 5.88 Å². The van der Waals surface area contributed by atoms with Crippen LogP contribution in [0.25, 0.3) is 10.9 Å². The van der Waals surface area contributed by atoms with Gasteiger partial charge in [-0.05, 0) is 62.7 Å². The van der Waals surface area contributed by atoms with E-state index in [-0.39, 0.29) is 0 Å². The first-order valence-electron chi connectivity index (χ1n) is 9.16. The van der Waals surface area contributed by atoms with Gasteiger partial charge in [0.15, 0.2) is 11.5 Å². The molecule has 1 saturated heterocycles. The summed E-state index contributed by atoms with van der Waals surface area (Å²) in [7, 11) is 1.68. The Morgan fingerprint density at radius 2 is 1.81 bits per heavy atom. The van der Waals surface area contributed by atoms with Gasteiger partial charge in [-0.3, -0.25) is 4.90 Å². The van der Waals surface area contributed by atoms with Crippen molar-refractivity contribution in [2.24, 2.45) is 0 Å². The van der Waals surface area contributed by atoms with Crippen molar-refractivity contribution in [2.75, 3.05) is 20.2 Å².